The number of likely N-dealkylation sites (tertiary alicyclic amines) is 1. The molecule has 1 rings (SSSR count). The highest BCUT2D eigenvalue weighted by molar-refractivity contribution is 5.78. The lowest BCUT2D eigenvalue weighted by molar-refractivity contribution is -0.145. The van der Waals surface area contributed by atoms with Crippen molar-refractivity contribution in [2.45, 2.75) is 51.0 Å². The van der Waals surface area contributed by atoms with E-state index < -0.39 is 11.5 Å². The van der Waals surface area contributed by atoms with E-state index >= 15 is 0 Å². The fourth-order valence-corrected chi connectivity index (χ4v) is 2.93. The molecule has 2 N–H and O–H groups in total. The molecular formula is C14H28N2O4. The number of likely N-dealkylation sites (N-methyl/N-ethyl adjacent to an activating group) is 1. The van der Waals surface area contributed by atoms with Crippen LogP contribution in [0.3, 0.4) is 0 Å². The average Bonchev–Trinajstić information content (AvgIpc) is 2.82. The first-order chi connectivity index (χ1) is 9.37. The number of carbonyl (C=O) groups is 1. The van der Waals surface area contributed by atoms with Crippen LogP contribution in [0.1, 0.15) is 27.2 Å². The third-order valence-electron chi connectivity index (χ3n) is 4.22. The van der Waals surface area contributed by atoms with Gasteiger partial charge < -0.3 is 19.9 Å². The van der Waals surface area contributed by atoms with Gasteiger partial charge in [0.05, 0.1) is 12.2 Å². The number of methoxy groups -OCH3 is 2. The molecule has 0 aromatic heterocycles. The largest absolute Gasteiger partial charge is 0.480 e. The topological polar surface area (TPSA) is 71.0 Å². The maximum Gasteiger partial charge on any atom is 0.323 e. The van der Waals surface area contributed by atoms with Crippen molar-refractivity contribution in [3.05, 3.63) is 0 Å². The molecule has 4 unspecified atom stereocenters. The summed E-state index contributed by atoms with van der Waals surface area (Å²) in [5.41, 5.74) is -0.901. The molecule has 0 spiro atoms. The number of hydrogen-bond donors (Lipinski definition) is 2. The summed E-state index contributed by atoms with van der Waals surface area (Å²) in [4.78, 5) is 13.7. The summed E-state index contributed by atoms with van der Waals surface area (Å²) in [5.74, 6) is -0.808. The van der Waals surface area contributed by atoms with Gasteiger partial charge in [-0.25, -0.2) is 0 Å². The van der Waals surface area contributed by atoms with Crippen LogP contribution in [0.15, 0.2) is 0 Å². The van der Waals surface area contributed by atoms with Gasteiger partial charge in [-0.3, -0.25) is 9.69 Å². The first kappa shape index (κ1) is 17.4. The Kier molecular flexibility index (Phi) is 6.39. The molecule has 1 saturated heterocycles. The van der Waals surface area contributed by atoms with Crippen molar-refractivity contribution >= 4 is 5.97 Å². The van der Waals surface area contributed by atoms with E-state index in [1.54, 1.807) is 21.1 Å². The Balaban J connectivity index is 2.66. The molecule has 0 aromatic carbocycles. The van der Waals surface area contributed by atoms with E-state index in [1.807, 2.05) is 6.92 Å². The average molecular weight is 288 g/mol. The summed E-state index contributed by atoms with van der Waals surface area (Å²) in [7, 11) is 3.37. The second-order valence-electron chi connectivity index (χ2n) is 5.72. The molecule has 0 aromatic rings. The Bertz CT molecular complexity index is 314. The minimum absolute atomic E-state index is 0.0534. The number of carboxylic acid groups (broad SMARTS) is 1. The van der Waals surface area contributed by atoms with Gasteiger partial charge in [-0.05, 0) is 26.8 Å². The minimum Gasteiger partial charge on any atom is -0.480 e. The number of hydrogen-bond acceptors (Lipinski definition) is 5. The standard InChI is InChI=1S/C14H28N2O4/c1-6-15-14(3,13(17)18)7-10(2)16-8-11(19-4)12(9-16)20-5/h10-12,15H,6-9H2,1-5H3,(H,17,18). The summed E-state index contributed by atoms with van der Waals surface area (Å²) in [6.07, 6.45) is 0.651. The van der Waals surface area contributed by atoms with Crippen LogP contribution in [0.4, 0.5) is 0 Å². The van der Waals surface area contributed by atoms with Crippen molar-refractivity contribution in [1.82, 2.24) is 10.2 Å². The molecule has 4 atom stereocenters. The van der Waals surface area contributed by atoms with Crippen molar-refractivity contribution in [2.24, 2.45) is 0 Å². The summed E-state index contributed by atoms with van der Waals surface area (Å²) in [6, 6.07) is 0.146. The molecule has 20 heavy (non-hydrogen) atoms. The summed E-state index contributed by atoms with van der Waals surface area (Å²) < 4.78 is 10.8. The molecule has 1 aliphatic rings. The van der Waals surface area contributed by atoms with Crippen molar-refractivity contribution in [2.75, 3.05) is 33.9 Å². The fraction of sp³-hybridized carbons (Fsp3) is 0.929. The fourth-order valence-electron chi connectivity index (χ4n) is 2.93. The predicted molar refractivity (Wildman–Crippen MR) is 77.0 cm³/mol. The zero-order valence-corrected chi connectivity index (χ0v) is 13.2. The highest BCUT2D eigenvalue weighted by Crippen LogP contribution is 2.23. The van der Waals surface area contributed by atoms with Gasteiger partial charge in [-0.2, -0.15) is 0 Å². The van der Waals surface area contributed by atoms with Crippen LogP contribution >= 0.6 is 0 Å². The van der Waals surface area contributed by atoms with Gasteiger partial charge in [0, 0.05) is 33.4 Å². The van der Waals surface area contributed by atoms with Gasteiger partial charge >= 0.3 is 5.97 Å². The summed E-state index contributed by atoms with van der Waals surface area (Å²) in [6.45, 7) is 7.91. The highest BCUT2D eigenvalue weighted by Gasteiger charge is 2.40. The van der Waals surface area contributed by atoms with Crippen LogP contribution in [0.5, 0.6) is 0 Å². The Labute approximate surface area is 121 Å². The molecule has 1 heterocycles. The van der Waals surface area contributed by atoms with Gasteiger partial charge in [-0.1, -0.05) is 6.92 Å². The van der Waals surface area contributed by atoms with Gasteiger partial charge in [0.1, 0.15) is 5.54 Å². The van der Waals surface area contributed by atoms with Crippen LogP contribution in [-0.2, 0) is 14.3 Å². The predicted octanol–water partition coefficient (Wildman–Crippen LogP) is 0.563. The van der Waals surface area contributed by atoms with E-state index in [1.165, 1.54) is 0 Å². The molecule has 6 heteroatoms. The third-order valence-corrected chi connectivity index (χ3v) is 4.22. The van der Waals surface area contributed by atoms with E-state index in [9.17, 15) is 9.90 Å². The van der Waals surface area contributed by atoms with Gasteiger partial charge in [0.2, 0.25) is 0 Å². The first-order valence-corrected chi connectivity index (χ1v) is 7.16. The van der Waals surface area contributed by atoms with E-state index in [4.69, 9.17) is 9.47 Å². The zero-order valence-electron chi connectivity index (χ0n) is 13.2. The first-order valence-electron chi connectivity index (χ1n) is 7.16. The lowest BCUT2D eigenvalue weighted by Gasteiger charge is -2.33. The molecule has 6 nitrogen and oxygen atoms in total. The number of rotatable bonds is 8. The molecule has 0 radical (unpaired) electrons. The van der Waals surface area contributed by atoms with E-state index in [-0.39, 0.29) is 18.2 Å². The van der Waals surface area contributed by atoms with Crippen molar-refractivity contribution < 1.29 is 19.4 Å². The molecule has 1 aliphatic heterocycles. The van der Waals surface area contributed by atoms with Gasteiger partial charge in [0.25, 0.3) is 0 Å². The van der Waals surface area contributed by atoms with E-state index in [2.05, 4.69) is 17.1 Å². The Hall–Kier alpha value is -0.690. The number of carboxylic acids is 1. The van der Waals surface area contributed by atoms with Crippen LogP contribution in [0.2, 0.25) is 0 Å². The lowest BCUT2D eigenvalue weighted by Crippen LogP contribution is -2.53. The Morgan fingerprint density at radius 2 is 1.90 bits per heavy atom. The number of nitrogens with zero attached hydrogens (tertiary/aromatic N) is 1. The molecule has 118 valence electrons. The van der Waals surface area contributed by atoms with E-state index in [0.717, 1.165) is 13.1 Å². The molecule has 0 amide bonds. The monoisotopic (exact) mass is 288 g/mol. The van der Waals surface area contributed by atoms with Crippen molar-refractivity contribution in [1.29, 1.82) is 0 Å². The Morgan fingerprint density at radius 3 is 2.25 bits per heavy atom. The normalized spacial score (nSPS) is 28.2. The van der Waals surface area contributed by atoms with E-state index in [0.29, 0.717) is 13.0 Å². The van der Waals surface area contributed by atoms with Gasteiger partial charge in [-0.15, -0.1) is 0 Å². The van der Waals surface area contributed by atoms with Crippen LogP contribution in [-0.4, -0.2) is 73.6 Å². The second kappa shape index (κ2) is 7.36. The molecule has 0 saturated carbocycles. The summed E-state index contributed by atoms with van der Waals surface area (Å²) in [5, 5.41) is 12.5. The van der Waals surface area contributed by atoms with Crippen molar-refractivity contribution in [3.8, 4) is 0 Å². The zero-order chi connectivity index (χ0) is 15.3. The molecule has 1 fully saturated rings. The maximum atomic E-state index is 11.5. The SMILES string of the molecule is CCNC(C)(CC(C)N1CC(OC)C(OC)C1)C(=O)O. The molecular weight excluding hydrogens is 260 g/mol. The van der Waals surface area contributed by atoms with Crippen LogP contribution < -0.4 is 5.32 Å². The summed E-state index contributed by atoms with van der Waals surface area (Å²) >= 11 is 0. The second-order valence-corrected chi connectivity index (χ2v) is 5.72. The van der Waals surface area contributed by atoms with Crippen LogP contribution in [0.25, 0.3) is 0 Å². The number of ether oxygens (including phenoxy) is 2. The minimum atomic E-state index is -0.901. The highest BCUT2D eigenvalue weighted by atomic mass is 16.5. The third kappa shape index (κ3) is 3.91. The van der Waals surface area contributed by atoms with Crippen molar-refractivity contribution in [3.63, 3.8) is 0 Å². The number of nitrogens with one attached hydrogen (secondary N) is 1. The molecule has 0 aliphatic carbocycles. The quantitative estimate of drug-likeness (QED) is 0.680. The number of aliphatic carboxylic acids is 1. The maximum absolute atomic E-state index is 11.5. The van der Waals surface area contributed by atoms with Gasteiger partial charge in [0.15, 0.2) is 0 Å². The smallest absolute Gasteiger partial charge is 0.323 e. The Morgan fingerprint density at radius 1 is 1.40 bits per heavy atom. The lowest BCUT2D eigenvalue weighted by atomic mass is 9.93. The molecule has 0 bridgehead atoms. The van der Waals surface area contributed by atoms with Crippen LogP contribution in [0, 0.1) is 0 Å².